The third kappa shape index (κ3) is 4.21. The Labute approximate surface area is 147 Å². The van der Waals surface area contributed by atoms with Gasteiger partial charge in [0.25, 0.3) is 0 Å². The Hall–Kier alpha value is -2.74. The molecule has 8 heteroatoms. The third-order valence-corrected chi connectivity index (χ3v) is 3.80. The van der Waals surface area contributed by atoms with Crippen molar-refractivity contribution >= 4 is 5.91 Å². The number of ether oxygens (including phenoxy) is 3. The van der Waals surface area contributed by atoms with Crippen LogP contribution in [0.15, 0.2) is 24.5 Å². The Morgan fingerprint density at radius 2 is 1.84 bits per heavy atom. The van der Waals surface area contributed by atoms with Gasteiger partial charge in [0.2, 0.25) is 11.7 Å². The lowest BCUT2D eigenvalue weighted by atomic mass is 10.1. The summed E-state index contributed by atoms with van der Waals surface area (Å²) < 4.78 is 17.6. The summed E-state index contributed by atoms with van der Waals surface area (Å²) in [6, 6.07) is 3.14. The van der Waals surface area contributed by atoms with E-state index in [9.17, 15) is 4.79 Å². The van der Waals surface area contributed by atoms with E-state index < -0.39 is 6.04 Å². The van der Waals surface area contributed by atoms with E-state index in [2.05, 4.69) is 15.7 Å². The second-order valence-corrected chi connectivity index (χ2v) is 5.42. The SMILES string of the molecule is CNC(C(=O)NCc1cc(OC)c(OC)c(OC)c1)c1cnn(C)c1. The standard InChI is InChI=1S/C17H24N4O4/c1-18-15(12-9-20-21(2)10-12)17(22)19-8-11-6-13(23-3)16(25-5)14(7-11)24-4/h6-7,9-10,15,18H,8H2,1-5H3,(H,19,22). The average molecular weight is 348 g/mol. The van der Waals surface area contributed by atoms with Gasteiger partial charge < -0.3 is 24.8 Å². The van der Waals surface area contributed by atoms with Gasteiger partial charge in [0, 0.05) is 25.4 Å². The molecule has 2 rings (SSSR count). The molecule has 8 nitrogen and oxygen atoms in total. The molecule has 0 spiro atoms. The Balaban J connectivity index is 2.13. The number of hydrogen-bond acceptors (Lipinski definition) is 6. The smallest absolute Gasteiger partial charge is 0.242 e. The van der Waals surface area contributed by atoms with Crippen LogP contribution in [0.4, 0.5) is 0 Å². The first-order valence-electron chi connectivity index (χ1n) is 7.76. The molecule has 0 aliphatic heterocycles. The Morgan fingerprint density at radius 1 is 1.20 bits per heavy atom. The van der Waals surface area contributed by atoms with Crippen molar-refractivity contribution in [3.05, 3.63) is 35.7 Å². The molecule has 1 amide bonds. The normalized spacial score (nSPS) is 11.7. The van der Waals surface area contributed by atoms with Crippen LogP contribution < -0.4 is 24.8 Å². The van der Waals surface area contributed by atoms with Gasteiger partial charge in [-0.05, 0) is 24.7 Å². The van der Waals surface area contributed by atoms with Crippen LogP contribution in [0.5, 0.6) is 17.2 Å². The predicted octanol–water partition coefficient (Wildman–Crippen LogP) is 1.02. The first kappa shape index (κ1) is 18.6. The van der Waals surface area contributed by atoms with Gasteiger partial charge in [0.15, 0.2) is 11.5 Å². The Kier molecular flexibility index (Phi) is 6.24. The zero-order chi connectivity index (χ0) is 18.4. The molecule has 0 aliphatic rings. The van der Waals surface area contributed by atoms with E-state index >= 15 is 0 Å². The minimum Gasteiger partial charge on any atom is -0.493 e. The van der Waals surface area contributed by atoms with E-state index in [1.165, 1.54) is 0 Å². The number of methoxy groups -OCH3 is 3. The molecule has 1 aromatic carbocycles. The molecule has 2 aromatic rings. The Morgan fingerprint density at radius 3 is 2.28 bits per heavy atom. The van der Waals surface area contributed by atoms with Crippen molar-refractivity contribution in [1.82, 2.24) is 20.4 Å². The fraction of sp³-hybridized carbons (Fsp3) is 0.412. The van der Waals surface area contributed by atoms with Crippen LogP contribution in [-0.4, -0.2) is 44.1 Å². The predicted molar refractivity (Wildman–Crippen MR) is 93.0 cm³/mol. The first-order valence-corrected chi connectivity index (χ1v) is 7.76. The topological polar surface area (TPSA) is 86.6 Å². The molecule has 0 aliphatic carbocycles. The fourth-order valence-corrected chi connectivity index (χ4v) is 2.57. The van der Waals surface area contributed by atoms with Crippen molar-refractivity contribution < 1.29 is 19.0 Å². The number of nitrogens with zero attached hydrogens (tertiary/aromatic N) is 2. The van der Waals surface area contributed by atoms with Crippen LogP contribution in [-0.2, 0) is 18.4 Å². The molecule has 0 bridgehead atoms. The van der Waals surface area contributed by atoms with Crippen molar-refractivity contribution in [2.75, 3.05) is 28.4 Å². The van der Waals surface area contributed by atoms with Gasteiger partial charge in [-0.3, -0.25) is 9.48 Å². The number of amides is 1. The van der Waals surface area contributed by atoms with E-state index in [0.717, 1.165) is 11.1 Å². The van der Waals surface area contributed by atoms with Crippen molar-refractivity contribution in [3.63, 3.8) is 0 Å². The molecular weight excluding hydrogens is 324 g/mol. The van der Waals surface area contributed by atoms with E-state index in [4.69, 9.17) is 14.2 Å². The number of likely N-dealkylation sites (N-methyl/N-ethyl adjacent to an activating group) is 1. The molecule has 0 saturated heterocycles. The van der Waals surface area contributed by atoms with Crippen LogP contribution in [0.1, 0.15) is 17.2 Å². The maximum Gasteiger partial charge on any atom is 0.242 e. The molecule has 0 saturated carbocycles. The molecule has 1 aromatic heterocycles. The summed E-state index contributed by atoms with van der Waals surface area (Å²) in [6.45, 7) is 0.327. The zero-order valence-corrected chi connectivity index (χ0v) is 15.1. The monoisotopic (exact) mass is 348 g/mol. The fourth-order valence-electron chi connectivity index (χ4n) is 2.57. The number of carbonyl (C=O) groups is 1. The van der Waals surface area contributed by atoms with Gasteiger partial charge in [-0.25, -0.2) is 0 Å². The molecule has 2 N–H and O–H groups in total. The molecule has 136 valence electrons. The van der Waals surface area contributed by atoms with Crippen molar-refractivity contribution in [1.29, 1.82) is 0 Å². The van der Waals surface area contributed by atoms with Crippen LogP contribution in [0.2, 0.25) is 0 Å². The number of benzene rings is 1. The molecule has 1 unspecified atom stereocenters. The molecule has 25 heavy (non-hydrogen) atoms. The summed E-state index contributed by atoms with van der Waals surface area (Å²) in [5.41, 5.74) is 1.64. The lowest BCUT2D eigenvalue weighted by Crippen LogP contribution is -2.35. The van der Waals surface area contributed by atoms with Gasteiger partial charge in [0.05, 0.1) is 27.5 Å². The van der Waals surface area contributed by atoms with Gasteiger partial charge in [-0.2, -0.15) is 5.10 Å². The lowest BCUT2D eigenvalue weighted by Gasteiger charge is -2.16. The second-order valence-electron chi connectivity index (χ2n) is 5.42. The van der Waals surface area contributed by atoms with Crippen molar-refractivity contribution in [2.45, 2.75) is 12.6 Å². The number of aryl methyl sites for hydroxylation is 1. The summed E-state index contributed by atoms with van der Waals surface area (Å²) in [5, 5.41) is 10.0. The zero-order valence-electron chi connectivity index (χ0n) is 15.1. The lowest BCUT2D eigenvalue weighted by molar-refractivity contribution is -0.123. The Bertz CT molecular complexity index is 704. The summed E-state index contributed by atoms with van der Waals surface area (Å²) in [7, 11) is 8.20. The second kappa shape index (κ2) is 8.39. The number of carbonyl (C=O) groups excluding carboxylic acids is 1. The van der Waals surface area contributed by atoms with Crippen LogP contribution in [0.3, 0.4) is 0 Å². The highest BCUT2D eigenvalue weighted by atomic mass is 16.5. The van der Waals surface area contributed by atoms with E-state index in [-0.39, 0.29) is 5.91 Å². The highest BCUT2D eigenvalue weighted by Gasteiger charge is 2.20. The van der Waals surface area contributed by atoms with Gasteiger partial charge in [-0.15, -0.1) is 0 Å². The van der Waals surface area contributed by atoms with E-state index in [1.807, 2.05) is 7.05 Å². The third-order valence-electron chi connectivity index (χ3n) is 3.80. The molecule has 1 atom stereocenters. The van der Waals surface area contributed by atoms with Crippen molar-refractivity contribution in [3.8, 4) is 17.2 Å². The maximum atomic E-state index is 12.5. The first-order chi connectivity index (χ1) is 12.0. The maximum absolute atomic E-state index is 12.5. The van der Waals surface area contributed by atoms with Crippen LogP contribution in [0.25, 0.3) is 0 Å². The quantitative estimate of drug-likeness (QED) is 0.741. The molecular formula is C17H24N4O4. The molecule has 0 radical (unpaired) electrons. The van der Waals surface area contributed by atoms with Crippen molar-refractivity contribution in [2.24, 2.45) is 7.05 Å². The summed E-state index contributed by atoms with van der Waals surface area (Å²) in [5.74, 6) is 1.46. The van der Waals surface area contributed by atoms with Gasteiger partial charge in [-0.1, -0.05) is 0 Å². The van der Waals surface area contributed by atoms with E-state index in [1.54, 1.807) is 57.6 Å². The number of nitrogens with one attached hydrogen (secondary N) is 2. The molecule has 1 heterocycles. The highest BCUT2D eigenvalue weighted by molar-refractivity contribution is 5.83. The van der Waals surface area contributed by atoms with Gasteiger partial charge in [0.1, 0.15) is 6.04 Å². The average Bonchev–Trinajstić information content (AvgIpc) is 3.05. The van der Waals surface area contributed by atoms with Gasteiger partial charge >= 0.3 is 0 Å². The summed E-state index contributed by atoms with van der Waals surface area (Å²) in [6.07, 6.45) is 3.47. The number of hydrogen-bond donors (Lipinski definition) is 2. The summed E-state index contributed by atoms with van der Waals surface area (Å²) in [4.78, 5) is 12.5. The van der Waals surface area contributed by atoms with E-state index in [0.29, 0.717) is 23.8 Å². The summed E-state index contributed by atoms with van der Waals surface area (Å²) >= 11 is 0. The number of aromatic nitrogens is 2. The minimum absolute atomic E-state index is 0.149. The minimum atomic E-state index is -0.476. The highest BCUT2D eigenvalue weighted by Crippen LogP contribution is 2.38. The molecule has 0 fully saturated rings. The largest absolute Gasteiger partial charge is 0.493 e. The van der Waals surface area contributed by atoms with Crippen LogP contribution >= 0.6 is 0 Å². The van der Waals surface area contributed by atoms with Crippen LogP contribution in [0, 0.1) is 0 Å². The number of rotatable bonds is 8.